The van der Waals surface area contributed by atoms with E-state index in [4.69, 9.17) is 5.11 Å². The topological polar surface area (TPSA) is 38.0 Å². The van der Waals surface area contributed by atoms with Crippen molar-refractivity contribution >= 4 is 0 Å². The molecule has 1 aromatic heterocycles. The highest BCUT2D eigenvalue weighted by Crippen LogP contribution is 2.32. The summed E-state index contributed by atoms with van der Waals surface area (Å²) in [6, 6.07) is 7.04. The number of benzene rings is 1. The number of hydrogen-bond acceptors (Lipinski definition) is 2. The summed E-state index contributed by atoms with van der Waals surface area (Å²) >= 11 is 0. The van der Waals surface area contributed by atoms with Crippen LogP contribution in [0.15, 0.2) is 30.5 Å². The predicted molar refractivity (Wildman–Crippen MR) is 64.5 cm³/mol. The molecule has 1 N–H and O–H groups in total. The molecule has 0 unspecified atom stereocenters. The van der Waals surface area contributed by atoms with E-state index in [1.54, 1.807) is 24.3 Å². The van der Waals surface area contributed by atoms with Gasteiger partial charge in [0.2, 0.25) is 0 Å². The van der Waals surface area contributed by atoms with Gasteiger partial charge in [-0.1, -0.05) is 29.8 Å². The third-order valence-electron chi connectivity index (χ3n) is 2.78. The Hall–Kier alpha value is -1.82. The highest BCUT2D eigenvalue weighted by Gasteiger charge is 2.36. The molecular formula is C13H13F3N2O. The van der Waals surface area contributed by atoms with Gasteiger partial charge in [-0.15, -0.1) is 0 Å². The summed E-state index contributed by atoms with van der Waals surface area (Å²) in [6.07, 6.45) is -3.68. The number of aliphatic hydroxyl groups excluding tert-OH is 1. The van der Waals surface area contributed by atoms with Crippen LogP contribution in [-0.2, 0) is 12.7 Å². The highest BCUT2D eigenvalue weighted by molar-refractivity contribution is 5.56. The lowest BCUT2D eigenvalue weighted by molar-refractivity contribution is -0.143. The number of aliphatic hydroxyl groups is 1. The summed E-state index contributed by atoms with van der Waals surface area (Å²) in [5.41, 5.74) is 0.756. The predicted octanol–water partition coefficient (Wildman–Crippen LogP) is 2.87. The van der Waals surface area contributed by atoms with Crippen molar-refractivity contribution in [1.82, 2.24) is 9.55 Å². The monoisotopic (exact) mass is 270 g/mol. The zero-order valence-electron chi connectivity index (χ0n) is 10.3. The normalized spacial score (nSPS) is 11.8. The number of rotatable bonds is 3. The third-order valence-corrected chi connectivity index (χ3v) is 2.78. The molecule has 1 heterocycles. The van der Waals surface area contributed by atoms with Crippen LogP contribution in [0.2, 0.25) is 0 Å². The smallest absolute Gasteiger partial charge is 0.395 e. The van der Waals surface area contributed by atoms with Crippen molar-refractivity contribution < 1.29 is 18.3 Å². The number of alkyl halides is 3. The maximum Gasteiger partial charge on any atom is 0.433 e. The molecule has 3 nitrogen and oxygen atoms in total. The first-order chi connectivity index (χ1) is 8.93. The first-order valence-electron chi connectivity index (χ1n) is 5.74. The summed E-state index contributed by atoms with van der Waals surface area (Å²) in [5, 5.41) is 8.93. The number of hydrogen-bond donors (Lipinski definition) is 1. The summed E-state index contributed by atoms with van der Waals surface area (Å²) in [5.74, 6) is 0.210. The number of halogens is 3. The Kier molecular flexibility index (Phi) is 3.61. The quantitative estimate of drug-likeness (QED) is 0.931. The zero-order chi connectivity index (χ0) is 14.0. The van der Waals surface area contributed by atoms with Crippen LogP contribution in [-0.4, -0.2) is 21.3 Å². The van der Waals surface area contributed by atoms with Crippen molar-refractivity contribution in [1.29, 1.82) is 0 Å². The molecule has 0 bridgehead atoms. The summed E-state index contributed by atoms with van der Waals surface area (Å²) in [6.45, 7) is 1.38. The van der Waals surface area contributed by atoms with Crippen LogP contribution in [0.4, 0.5) is 13.2 Å². The van der Waals surface area contributed by atoms with E-state index in [0.717, 1.165) is 16.3 Å². The molecule has 0 saturated carbocycles. The van der Waals surface area contributed by atoms with Crippen LogP contribution in [0.3, 0.4) is 0 Å². The fourth-order valence-electron chi connectivity index (χ4n) is 1.86. The summed E-state index contributed by atoms with van der Waals surface area (Å²) in [7, 11) is 0. The van der Waals surface area contributed by atoms with Gasteiger partial charge in [0.25, 0.3) is 0 Å². The molecule has 19 heavy (non-hydrogen) atoms. The van der Waals surface area contributed by atoms with Crippen molar-refractivity contribution in [2.75, 3.05) is 6.61 Å². The van der Waals surface area contributed by atoms with Crippen molar-refractivity contribution in [3.8, 4) is 11.4 Å². The molecule has 0 aliphatic heterocycles. The first kappa shape index (κ1) is 13.6. The van der Waals surface area contributed by atoms with E-state index >= 15 is 0 Å². The average molecular weight is 270 g/mol. The molecule has 0 saturated heterocycles. The molecule has 6 heteroatoms. The molecule has 0 radical (unpaired) electrons. The molecule has 0 aliphatic carbocycles. The minimum atomic E-state index is -4.48. The van der Waals surface area contributed by atoms with Gasteiger partial charge in [0.1, 0.15) is 11.5 Å². The Morgan fingerprint density at radius 1 is 1.21 bits per heavy atom. The van der Waals surface area contributed by atoms with Crippen molar-refractivity contribution in [3.05, 3.63) is 41.7 Å². The van der Waals surface area contributed by atoms with Gasteiger partial charge in [0, 0.05) is 12.1 Å². The van der Waals surface area contributed by atoms with Gasteiger partial charge in [-0.25, -0.2) is 4.98 Å². The molecule has 2 aromatic rings. The van der Waals surface area contributed by atoms with Crippen LogP contribution < -0.4 is 0 Å². The van der Waals surface area contributed by atoms with Gasteiger partial charge in [0.15, 0.2) is 0 Å². The van der Waals surface area contributed by atoms with Gasteiger partial charge in [-0.05, 0) is 6.92 Å². The summed E-state index contributed by atoms with van der Waals surface area (Å²) < 4.78 is 39.5. The zero-order valence-corrected chi connectivity index (χ0v) is 10.3. The Labute approximate surface area is 108 Å². The molecule has 102 valence electrons. The second-order valence-electron chi connectivity index (χ2n) is 4.21. The van der Waals surface area contributed by atoms with Gasteiger partial charge >= 0.3 is 6.18 Å². The standard InChI is InChI=1S/C13H13F3N2O/c1-9-2-4-10(5-3-9)12-17-8-11(13(14,15)16)18(12)6-7-19/h2-5,8,19H,6-7H2,1H3. The molecule has 0 amide bonds. The van der Waals surface area contributed by atoms with Crippen molar-refractivity contribution in [2.24, 2.45) is 0 Å². The Morgan fingerprint density at radius 3 is 2.37 bits per heavy atom. The van der Waals surface area contributed by atoms with Crippen LogP contribution in [0.5, 0.6) is 0 Å². The molecule has 0 spiro atoms. The lowest BCUT2D eigenvalue weighted by Crippen LogP contribution is -2.16. The largest absolute Gasteiger partial charge is 0.433 e. The fourth-order valence-corrected chi connectivity index (χ4v) is 1.86. The number of nitrogens with zero attached hydrogens (tertiary/aromatic N) is 2. The van der Waals surface area contributed by atoms with Crippen LogP contribution >= 0.6 is 0 Å². The van der Waals surface area contributed by atoms with Gasteiger partial charge in [0.05, 0.1) is 12.8 Å². The number of aromatic nitrogens is 2. The number of aryl methyl sites for hydroxylation is 1. The minimum absolute atomic E-state index is 0.141. The maximum absolute atomic E-state index is 12.8. The molecule has 0 fully saturated rings. The van der Waals surface area contributed by atoms with E-state index < -0.39 is 11.9 Å². The van der Waals surface area contributed by atoms with Gasteiger partial charge in [-0.3, -0.25) is 0 Å². The van der Waals surface area contributed by atoms with E-state index in [1.165, 1.54) is 0 Å². The van der Waals surface area contributed by atoms with E-state index in [2.05, 4.69) is 4.98 Å². The lowest BCUT2D eigenvalue weighted by Gasteiger charge is -2.12. The third kappa shape index (κ3) is 2.78. The number of imidazole rings is 1. The molecule has 0 aliphatic rings. The molecule has 1 aromatic carbocycles. The van der Waals surface area contributed by atoms with Crippen molar-refractivity contribution in [2.45, 2.75) is 19.6 Å². The van der Waals surface area contributed by atoms with Gasteiger partial charge in [-0.2, -0.15) is 13.2 Å². The highest BCUT2D eigenvalue weighted by atomic mass is 19.4. The van der Waals surface area contributed by atoms with Crippen LogP contribution in [0.25, 0.3) is 11.4 Å². The Balaban J connectivity index is 2.51. The van der Waals surface area contributed by atoms with Crippen LogP contribution in [0.1, 0.15) is 11.3 Å². The van der Waals surface area contributed by atoms with E-state index in [9.17, 15) is 13.2 Å². The van der Waals surface area contributed by atoms with Crippen molar-refractivity contribution in [3.63, 3.8) is 0 Å². The molecule has 0 atom stereocenters. The van der Waals surface area contributed by atoms with Crippen LogP contribution in [0, 0.1) is 6.92 Å². The lowest BCUT2D eigenvalue weighted by atomic mass is 10.1. The van der Waals surface area contributed by atoms with Gasteiger partial charge < -0.3 is 9.67 Å². The fraction of sp³-hybridized carbons (Fsp3) is 0.308. The first-order valence-corrected chi connectivity index (χ1v) is 5.74. The van der Waals surface area contributed by atoms with E-state index in [-0.39, 0.29) is 19.0 Å². The maximum atomic E-state index is 12.8. The SMILES string of the molecule is Cc1ccc(-c2ncc(C(F)(F)F)n2CCO)cc1. The molecular weight excluding hydrogens is 257 g/mol. The Morgan fingerprint density at radius 2 is 1.84 bits per heavy atom. The summed E-state index contributed by atoms with van der Waals surface area (Å²) in [4.78, 5) is 3.83. The second-order valence-corrected chi connectivity index (χ2v) is 4.21. The average Bonchev–Trinajstić information content (AvgIpc) is 2.74. The molecule has 2 rings (SSSR count). The Bertz CT molecular complexity index is 558. The minimum Gasteiger partial charge on any atom is -0.395 e. The van der Waals surface area contributed by atoms with E-state index in [0.29, 0.717) is 5.56 Å². The second kappa shape index (κ2) is 5.05. The van der Waals surface area contributed by atoms with E-state index in [1.807, 2.05) is 6.92 Å².